The highest BCUT2D eigenvalue weighted by Gasteiger charge is 1.98. The molecule has 0 bridgehead atoms. The second-order valence-corrected chi connectivity index (χ2v) is 2.24. The fourth-order valence-corrected chi connectivity index (χ4v) is 0.643. The number of esters is 1. The van der Waals surface area contributed by atoms with Gasteiger partial charge in [-0.25, -0.2) is 9.78 Å². The second-order valence-electron chi connectivity index (χ2n) is 2.24. The van der Waals surface area contributed by atoms with Crippen molar-refractivity contribution in [1.82, 2.24) is 9.97 Å². The molecule has 1 aromatic heterocycles. The summed E-state index contributed by atoms with van der Waals surface area (Å²) in [5.41, 5.74) is 5.86. The monoisotopic (exact) mass is 179 g/mol. The van der Waals surface area contributed by atoms with E-state index >= 15 is 0 Å². The standard InChI is InChI=1S/C8H9N3O2/c1-2-8(12)13-5-6-3-11-7(9)4-10-6/h2-4H,1,5H2,(H2,9,11). The normalized spacial score (nSPS) is 9.23. The van der Waals surface area contributed by atoms with E-state index in [2.05, 4.69) is 16.5 Å². The van der Waals surface area contributed by atoms with Gasteiger partial charge in [0.2, 0.25) is 0 Å². The van der Waals surface area contributed by atoms with Crippen LogP contribution in [0, 0.1) is 0 Å². The van der Waals surface area contributed by atoms with Gasteiger partial charge < -0.3 is 10.5 Å². The van der Waals surface area contributed by atoms with Crippen LogP contribution in [0.15, 0.2) is 25.0 Å². The van der Waals surface area contributed by atoms with Gasteiger partial charge in [-0.2, -0.15) is 0 Å². The van der Waals surface area contributed by atoms with Gasteiger partial charge in [-0.15, -0.1) is 0 Å². The van der Waals surface area contributed by atoms with Gasteiger partial charge in [0.1, 0.15) is 12.4 Å². The topological polar surface area (TPSA) is 78.1 Å². The third-order valence-corrected chi connectivity index (χ3v) is 1.25. The van der Waals surface area contributed by atoms with Gasteiger partial charge in [0.15, 0.2) is 0 Å². The van der Waals surface area contributed by atoms with Crippen LogP contribution in [-0.2, 0) is 16.1 Å². The van der Waals surface area contributed by atoms with Crippen molar-refractivity contribution in [3.8, 4) is 0 Å². The molecule has 0 aliphatic carbocycles. The van der Waals surface area contributed by atoms with E-state index in [9.17, 15) is 4.79 Å². The van der Waals surface area contributed by atoms with Gasteiger partial charge in [0.05, 0.1) is 18.1 Å². The fraction of sp³-hybridized carbons (Fsp3) is 0.125. The molecule has 1 heterocycles. The van der Waals surface area contributed by atoms with E-state index in [0.29, 0.717) is 11.5 Å². The zero-order valence-electron chi connectivity index (χ0n) is 6.93. The number of anilines is 1. The van der Waals surface area contributed by atoms with Crippen LogP contribution >= 0.6 is 0 Å². The van der Waals surface area contributed by atoms with Crippen molar-refractivity contribution >= 4 is 11.8 Å². The zero-order chi connectivity index (χ0) is 9.68. The Morgan fingerprint density at radius 2 is 2.38 bits per heavy atom. The number of hydrogen-bond acceptors (Lipinski definition) is 5. The van der Waals surface area contributed by atoms with Crippen molar-refractivity contribution in [1.29, 1.82) is 0 Å². The van der Waals surface area contributed by atoms with E-state index in [1.165, 1.54) is 12.4 Å². The Hall–Kier alpha value is -1.91. The molecule has 0 aromatic carbocycles. The van der Waals surface area contributed by atoms with Crippen molar-refractivity contribution in [3.63, 3.8) is 0 Å². The Labute approximate surface area is 75.3 Å². The van der Waals surface area contributed by atoms with Crippen LogP contribution in [0.1, 0.15) is 5.69 Å². The number of nitrogen functional groups attached to an aromatic ring is 1. The number of nitrogens with two attached hydrogens (primary N) is 1. The van der Waals surface area contributed by atoms with E-state index in [0.717, 1.165) is 6.08 Å². The summed E-state index contributed by atoms with van der Waals surface area (Å²) in [4.78, 5) is 18.3. The molecule has 0 radical (unpaired) electrons. The van der Waals surface area contributed by atoms with Crippen LogP contribution in [0.5, 0.6) is 0 Å². The minimum absolute atomic E-state index is 0.0815. The predicted octanol–water partition coefficient (Wildman–Crippen LogP) is 0.288. The van der Waals surface area contributed by atoms with Crippen molar-refractivity contribution in [3.05, 3.63) is 30.7 Å². The van der Waals surface area contributed by atoms with E-state index in [1.54, 1.807) is 0 Å². The maximum atomic E-state index is 10.6. The molecule has 13 heavy (non-hydrogen) atoms. The number of carbonyl (C=O) groups excluding carboxylic acids is 1. The third kappa shape index (κ3) is 2.90. The molecular formula is C8H9N3O2. The number of carbonyl (C=O) groups is 1. The van der Waals surface area contributed by atoms with Crippen LogP contribution in [0.4, 0.5) is 5.82 Å². The van der Waals surface area contributed by atoms with Gasteiger partial charge in [0.25, 0.3) is 0 Å². The average Bonchev–Trinajstić information content (AvgIpc) is 2.16. The fourth-order valence-electron chi connectivity index (χ4n) is 0.643. The summed E-state index contributed by atoms with van der Waals surface area (Å²) >= 11 is 0. The molecule has 0 saturated carbocycles. The largest absolute Gasteiger partial charge is 0.456 e. The third-order valence-electron chi connectivity index (χ3n) is 1.25. The van der Waals surface area contributed by atoms with Crippen molar-refractivity contribution in [2.24, 2.45) is 0 Å². The number of hydrogen-bond donors (Lipinski definition) is 1. The molecule has 0 amide bonds. The summed E-state index contributed by atoms with van der Waals surface area (Å²) in [7, 11) is 0. The molecule has 0 unspecified atom stereocenters. The smallest absolute Gasteiger partial charge is 0.330 e. The Balaban J connectivity index is 2.50. The van der Waals surface area contributed by atoms with Crippen LogP contribution in [0.2, 0.25) is 0 Å². The lowest BCUT2D eigenvalue weighted by Crippen LogP contribution is -2.03. The summed E-state index contributed by atoms with van der Waals surface area (Å²) in [6, 6.07) is 0. The van der Waals surface area contributed by atoms with E-state index in [-0.39, 0.29) is 6.61 Å². The highest BCUT2D eigenvalue weighted by Crippen LogP contribution is 1.98. The molecule has 0 spiro atoms. The van der Waals surface area contributed by atoms with Gasteiger partial charge in [-0.3, -0.25) is 4.98 Å². The van der Waals surface area contributed by atoms with Gasteiger partial charge >= 0.3 is 5.97 Å². The molecular weight excluding hydrogens is 170 g/mol. The molecule has 1 aromatic rings. The highest BCUT2D eigenvalue weighted by molar-refractivity contribution is 5.81. The Morgan fingerprint density at radius 3 is 2.92 bits per heavy atom. The lowest BCUT2D eigenvalue weighted by atomic mass is 10.5. The quantitative estimate of drug-likeness (QED) is 0.533. The maximum Gasteiger partial charge on any atom is 0.330 e. The first-order valence-corrected chi connectivity index (χ1v) is 3.58. The molecule has 5 heteroatoms. The lowest BCUT2D eigenvalue weighted by molar-refractivity contribution is -0.139. The predicted molar refractivity (Wildman–Crippen MR) is 46.4 cm³/mol. The van der Waals surface area contributed by atoms with E-state index < -0.39 is 5.97 Å². The molecule has 0 aliphatic rings. The van der Waals surface area contributed by atoms with Crippen LogP contribution in [0.25, 0.3) is 0 Å². The minimum atomic E-state index is -0.487. The first-order valence-electron chi connectivity index (χ1n) is 3.58. The summed E-state index contributed by atoms with van der Waals surface area (Å²) in [5.74, 6) is -0.155. The van der Waals surface area contributed by atoms with Gasteiger partial charge in [-0.1, -0.05) is 6.58 Å². The molecule has 0 saturated heterocycles. The minimum Gasteiger partial charge on any atom is -0.456 e. The molecule has 0 fully saturated rings. The van der Waals surface area contributed by atoms with Gasteiger partial charge in [0, 0.05) is 6.08 Å². The first kappa shape index (κ1) is 9.18. The van der Waals surface area contributed by atoms with E-state index in [1.807, 2.05) is 0 Å². The van der Waals surface area contributed by atoms with Gasteiger partial charge in [-0.05, 0) is 0 Å². The first-order chi connectivity index (χ1) is 6.22. The number of ether oxygens (including phenoxy) is 1. The summed E-state index contributed by atoms with van der Waals surface area (Å²) in [6.07, 6.45) is 3.94. The second kappa shape index (κ2) is 4.20. The Bertz CT molecular complexity index is 308. The molecule has 0 aliphatic heterocycles. The number of rotatable bonds is 3. The highest BCUT2D eigenvalue weighted by atomic mass is 16.5. The van der Waals surface area contributed by atoms with Crippen molar-refractivity contribution in [2.45, 2.75) is 6.61 Å². The Kier molecular flexibility index (Phi) is 2.97. The number of aromatic nitrogens is 2. The SMILES string of the molecule is C=CC(=O)OCc1cnc(N)cn1. The average molecular weight is 179 g/mol. The molecule has 2 N–H and O–H groups in total. The number of nitrogens with zero attached hydrogens (tertiary/aromatic N) is 2. The van der Waals surface area contributed by atoms with Crippen LogP contribution in [-0.4, -0.2) is 15.9 Å². The summed E-state index contributed by atoms with van der Waals surface area (Å²) in [5, 5.41) is 0. The Morgan fingerprint density at radius 1 is 1.62 bits per heavy atom. The summed E-state index contributed by atoms with van der Waals surface area (Å²) in [6.45, 7) is 3.34. The summed E-state index contributed by atoms with van der Waals surface area (Å²) < 4.78 is 4.72. The molecule has 68 valence electrons. The van der Waals surface area contributed by atoms with Crippen molar-refractivity contribution < 1.29 is 9.53 Å². The van der Waals surface area contributed by atoms with Crippen molar-refractivity contribution in [2.75, 3.05) is 5.73 Å². The molecule has 0 atom stereocenters. The van der Waals surface area contributed by atoms with E-state index in [4.69, 9.17) is 10.5 Å². The molecule has 5 nitrogen and oxygen atoms in total. The lowest BCUT2D eigenvalue weighted by Gasteiger charge is -2.00. The zero-order valence-corrected chi connectivity index (χ0v) is 6.93. The molecule has 1 rings (SSSR count). The maximum absolute atomic E-state index is 10.6. The van der Waals surface area contributed by atoms with Crippen LogP contribution < -0.4 is 5.73 Å². The van der Waals surface area contributed by atoms with Crippen LogP contribution in [0.3, 0.4) is 0 Å².